The van der Waals surface area contributed by atoms with E-state index in [4.69, 9.17) is 4.74 Å². The first-order valence-electron chi connectivity index (χ1n) is 8.52. The number of nitro benzene ring substituents is 1. The smallest absolute Gasteiger partial charge is 0.295 e. The highest BCUT2D eigenvalue weighted by Crippen LogP contribution is 2.39. The van der Waals surface area contributed by atoms with Crippen LogP contribution in [0.25, 0.3) is 5.76 Å². The van der Waals surface area contributed by atoms with Crippen LogP contribution in [0.1, 0.15) is 17.2 Å². The van der Waals surface area contributed by atoms with Gasteiger partial charge in [0.15, 0.2) is 0 Å². The lowest BCUT2D eigenvalue weighted by Gasteiger charge is -2.24. The van der Waals surface area contributed by atoms with E-state index in [0.717, 1.165) is 0 Å². The third-order valence-corrected chi connectivity index (χ3v) is 4.52. The second-order valence-corrected chi connectivity index (χ2v) is 6.20. The number of amides is 1. The predicted molar refractivity (Wildman–Crippen MR) is 100 cm³/mol. The van der Waals surface area contributed by atoms with E-state index in [2.05, 4.69) is 0 Å². The summed E-state index contributed by atoms with van der Waals surface area (Å²) in [5.41, 5.74) is 0.465. The SMILES string of the molecule is COCCN1C(=O)C(=O)C(=C(O)c2ccccc2)C1c1cccc([N+](=O)[O-])c1. The molecule has 0 radical (unpaired) electrons. The standard InChI is InChI=1S/C20H18N2O6/c1-28-11-10-21-17(14-8-5-9-15(12-14)22(26)27)16(19(24)20(21)25)18(23)13-6-3-2-4-7-13/h2-9,12,17,23H,10-11H2,1H3. The molecule has 2 aromatic rings. The van der Waals surface area contributed by atoms with Gasteiger partial charge >= 0.3 is 0 Å². The Morgan fingerprint density at radius 2 is 1.89 bits per heavy atom. The van der Waals surface area contributed by atoms with Gasteiger partial charge in [-0.1, -0.05) is 42.5 Å². The zero-order chi connectivity index (χ0) is 20.3. The van der Waals surface area contributed by atoms with E-state index in [1.54, 1.807) is 36.4 Å². The molecule has 144 valence electrons. The maximum Gasteiger partial charge on any atom is 0.295 e. The van der Waals surface area contributed by atoms with Crippen LogP contribution < -0.4 is 0 Å². The van der Waals surface area contributed by atoms with E-state index in [9.17, 15) is 24.8 Å². The van der Waals surface area contributed by atoms with E-state index in [-0.39, 0.29) is 30.2 Å². The molecule has 0 aliphatic carbocycles. The number of non-ortho nitro benzene ring substituents is 1. The van der Waals surface area contributed by atoms with E-state index >= 15 is 0 Å². The van der Waals surface area contributed by atoms with Gasteiger partial charge in [-0.25, -0.2) is 0 Å². The van der Waals surface area contributed by atoms with Crippen molar-refractivity contribution in [2.45, 2.75) is 6.04 Å². The quantitative estimate of drug-likeness (QED) is 0.270. The molecular formula is C20H18N2O6. The molecule has 1 aliphatic rings. The monoisotopic (exact) mass is 382 g/mol. The number of likely N-dealkylation sites (tertiary alicyclic amines) is 1. The molecular weight excluding hydrogens is 364 g/mol. The van der Waals surface area contributed by atoms with Crippen molar-refractivity contribution in [1.82, 2.24) is 4.90 Å². The highest BCUT2D eigenvalue weighted by molar-refractivity contribution is 6.46. The minimum Gasteiger partial charge on any atom is -0.507 e. The molecule has 1 aliphatic heterocycles. The van der Waals surface area contributed by atoms with E-state index in [1.165, 1.54) is 30.2 Å². The second kappa shape index (κ2) is 8.01. The van der Waals surface area contributed by atoms with E-state index in [1.807, 2.05) is 0 Å². The largest absolute Gasteiger partial charge is 0.507 e. The molecule has 1 amide bonds. The fraction of sp³-hybridized carbons (Fsp3) is 0.200. The topological polar surface area (TPSA) is 110 Å². The van der Waals surface area contributed by atoms with Crippen LogP contribution in [0.3, 0.4) is 0 Å². The number of ether oxygens (including phenoxy) is 1. The molecule has 0 spiro atoms. The first-order chi connectivity index (χ1) is 13.5. The number of hydrogen-bond acceptors (Lipinski definition) is 6. The number of hydrogen-bond donors (Lipinski definition) is 1. The van der Waals surface area contributed by atoms with Crippen molar-refractivity contribution in [2.75, 3.05) is 20.3 Å². The molecule has 0 bridgehead atoms. The third kappa shape index (κ3) is 3.49. The number of methoxy groups -OCH3 is 1. The van der Waals surface area contributed by atoms with Crippen LogP contribution in [0.4, 0.5) is 5.69 Å². The van der Waals surface area contributed by atoms with Crippen LogP contribution in [0, 0.1) is 10.1 Å². The number of aliphatic hydroxyl groups excluding tert-OH is 1. The number of Topliss-reactive ketones (excluding diaryl/α,β-unsaturated/α-hetero) is 1. The summed E-state index contributed by atoms with van der Waals surface area (Å²) in [5.74, 6) is -1.95. The van der Waals surface area contributed by atoms with Gasteiger partial charge in [0.25, 0.3) is 17.4 Å². The molecule has 1 N–H and O–H groups in total. The van der Waals surface area contributed by atoms with Crippen LogP contribution in [0.5, 0.6) is 0 Å². The lowest BCUT2D eigenvalue weighted by Crippen LogP contribution is -2.32. The van der Waals surface area contributed by atoms with Crippen LogP contribution in [0.2, 0.25) is 0 Å². The summed E-state index contributed by atoms with van der Waals surface area (Å²) in [5, 5.41) is 21.9. The molecule has 2 aromatic carbocycles. The van der Waals surface area contributed by atoms with Crippen molar-refractivity contribution in [3.05, 3.63) is 81.4 Å². The summed E-state index contributed by atoms with van der Waals surface area (Å²) in [6, 6.07) is 13.1. The Morgan fingerprint density at radius 1 is 1.18 bits per heavy atom. The highest BCUT2D eigenvalue weighted by Gasteiger charge is 2.46. The van der Waals surface area contributed by atoms with Gasteiger partial charge in [-0.15, -0.1) is 0 Å². The second-order valence-electron chi connectivity index (χ2n) is 6.20. The van der Waals surface area contributed by atoms with Gasteiger partial charge in [-0.2, -0.15) is 0 Å². The van der Waals surface area contributed by atoms with Crippen molar-refractivity contribution >= 4 is 23.1 Å². The van der Waals surface area contributed by atoms with Crippen LogP contribution >= 0.6 is 0 Å². The predicted octanol–water partition coefficient (Wildman–Crippen LogP) is 2.66. The minimum absolute atomic E-state index is 0.0972. The molecule has 1 saturated heterocycles. The van der Waals surface area contributed by atoms with Crippen LogP contribution in [0.15, 0.2) is 60.2 Å². The number of rotatable bonds is 6. The zero-order valence-corrected chi connectivity index (χ0v) is 15.1. The van der Waals surface area contributed by atoms with E-state index in [0.29, 0.717) is 11.1 Å². The normalized spacial score (nSPS) is 18.5. The van der Waals surface area contributed by atoms with Gasteiger partial charge in [0.2, 0.25) is 0 Å². The number of carbonyl (C=O) groups is 2. The maximum atomic E-state index is 12.7. The van der Waals surface area contributed by atoms with Crippen molar-refractivity contribution in [3.63, 3.8) is 0 Å². The summed E-state index contributed by atoms with van der Waals surface area (Å²) in [4.78, 5) is 37.2. The molecule has 1 heterocycles. The van der Waals surface area contributed by atoms with Gasteiger partial charge < -0.3 is 14.7 Å². The molecule has 0 saturated carbocycles. The fourth-order valence-electron chi connectivity index (χ4n) is 3.21. The third-order valence-electron chi connectivity index (χ3n) is 4.52. The van der Waals surface area contributed by atoms with Gasteiger partial charge in [0, 0.05) is 31.4 Å². The molecule has 8 nitrogen and oxygen atoms in total. The Labute approximate surface area is 160 Å². The summed E-state index contributed by atoms with van der Waals surface area (Å²) in [6.45, 7) is 0.268. The first-order valence-corrected chi connectivity index (χ1v) is 8.52. The number of nitrogens with zero attached hydrogens (tertiary/aromatic N) is 2. The van der Waals surface area contributed by atoms with Crippen molar-refractivity contribution in [2.24, 2.45) is 0 Å². The van der Waals surface area contributed by atoms with Gasteiger partial charge in [0.1, 0.15) is 5.76 Å². The molecule has 8 heteroatoms. The summed E-state index contributed by atoms with van der Waals surface area (Å²) < 4.78 is 5.02. The number of aliphatic hydroxyl groups is 1. The van der Waals surface area contributed by atoms with Gasteiger partial charge in [-0.05, 0) is 5.56 Å². The molecule has 1 unspecified atom stereocenters. The first kappa shape index (κ1) is 19.2. The number of benzene rings is 2. The van der Waals surface area contributed by atoms with Crippen LogP contribution in [-0.4, -0.2) is 46.9 Å². The Morgan fingerprint density at radius 3 is 2.54 bits per heavy atom. The lowest BCUT2D eigenvalue weighted by atomic mass is 9.95. The fourth-order valence-corrected chi connectivity index (χ4v) is 3.21. The van der Waals surface area contributed by atoms with Gasteiger partial charge in [-0.3, -0.25) is 19.7 Å². The summed E-state index contributed by atoms with van der Waals surface area (Å²) in [7, 11) is 1.46. The van der Waals surface area contributed by atoms with Crippen molar-refractivity contribution in [1.29, 1.82) is 0 Å². The number of carbonyl (C=O) groups excluding carboxylic acids is 2. The van der Waals surface area contributed by atoms with Crippen molar-refractivity contribution in [3.8, 4) is 0 Å². The lowest BCUT2D eigenvalue weighted by molar-refractivity contribution is -0.384. The van der Waals surface area contributed by atoms with Crippen LogP contribution in [-0.2, 0) is 14.3 Å². The number of nitro groups is 1. The van der Waals surface area contributed by atoms with E-state index < -0.39 is 22.7 Å². The molecule has 0 aromatic heterocycles. The molecule has 1 atom stereocenters. The minimum atomic E-state index is -0.949. The maximum absolute atomic E-state index is 12.7. The number of ketones is 1. The summed E-state index contributed by atoms with van der Waals surface area (Å²) >= 11 is 0. The highest BCUT2D eigenvalue weighted by atomic mass is 16.6. The molecule has 1 fully saturated rings. The Bertz CT molecular complexity index is 954. The molecule has 3 rings (SSSR count). The zero-order valence-electron chi connectivity index (χ0n) is 15.1. The Kier molecular flexibility index (Phi) is 5.51. The molecule has 28 heavy (non-hydrogen) atoms. The van der Waals surface area contributed by atoms with Gasteiger partial charge in [0.05, 0.1) is 23.1 Å². The summed E-state index contributed by atoms with van der Waals surface area (Å²) in [6.07, 6.45) is 0. The Hall–Kier alpha value is -3.52. The Balaban J connectivity index is 2.18. The van der Waals surface area contributed by atoms with Crippen molar-refractivity contribution < 1.29 is 24.4 Å². The average molecular weight is 382 g/mol. The average Bonchev–Trinajstić information content (AvgIpc) is 2.97.